The van der Waals surface area contributed by atoms with Gasteiger partial charge >= 0.3 is 0 Å². The number of carbonyl (C=O) groups excluding carboxylic acids is 2. The first kappa shape index (κ1) is 20.2. The summed E-state index contributed by atoms with van der Waals surface area (Å²) in [5, 5.41) is 10.6. The zero-order valence-electron chi connectivity index (χ0n) is 16.1. The average Bonchev–Trinajstić information content (AvgIpc) is 3.31. The van der Waals surface area contributed by atoms with Crippen LogP contribution >= 0.6 is 22.7 Å². The van der Waals surface area contributed by atoms with Crippen molar-refractivity contribution in [3.8, 4) is 0 Å². The maximum Gasteiger partial charge on any atom is 0.257 e. The Morgan fingerprint density at radius 1 is 0.750 bits per heavy atom. The van der Waals surface area contributed by atoms with Crippen molar-refractivity contribution in [1.29, 1.82) is 0 Å². The van der Waals surface area contributed by atoms with Crippen molar-refractivity contribution in [3.63, 3.8) is 0 Å². The number of thiazole rings is 2. The predicted molar refractivity (Wildman–Crippen MR) is 115 cm³/mol. The molecule has 0 saturated heterocycles. The fraction of sp³-hybridized carbons (Fsp3) is 0.300. The SMILES string of the molecule is CC(C)c1csc(NC(=O)c2ccc(C(=O)Nc3nc(C(C)C)cs3)cc2)n1. The van der Waals surface area contributed by atoms with Gasteiger partial charge in [0, 0.05) is 21.9 Å². The first-order valence-corrected chi connectivity index (χ1v) is 10.7. The zero-order valence-corrected chi connectivity index (χ0v) is 17.8. The Hall–Kier alpha value is -2.58. The number of nitrogens with one attached hydrogen (secondary N) is 2. The third kappa shape index (κ3) is 4.82. The second kappa shape index (κ2) is 8.62. The van der Waals surface area contributed by atoms with Gasteiger partial charge in [0.2, 0.25) is 0 Å². The van der Waals surface area contributed by atoms with E-state index in [2.05, 4.69) is 48.3 Å². The van der Waals surface area contributed by atoms with Crippen LogP contribution in [0.1, 0.15) is 71.6 Å². The molecule has 2 amide bonds. The molecule has 2 N–H and O–H groups in total. The van der Waals surface area contributed by atoms with Crippen molar-refractivity contribution in [3.05, 3.63) is 57.5 Å². The lowest BCUT2D eigenvalue weighted by molar-refractivity contribution is 0.101. The van der Waals surface area contributed by atoms with Crippen LogP contribution in [0, 0.1) is 0 Å². The van der Waals surface area contributed by atoms with Gasteiger partial charge in [0.05, 0.1) is 11.4 Å². The maximum atomic E-state index is 12.4. The number of nitrogens with zero attached hydrogens (tertiary/aromatic N) is 2. The van der Waals surface area contributed by atoms with Gasteiger partial charge in [-0.1, -0.05) is 27.7 Å². The van der Waals surface area contributed by atoms with Gasteiger partial charge in [-0.2, -0.15) is 0 Å². The number of benzene rings is 1. The normalized spacial score (nSPS) is 11.1. The number of aromatic nitrogens is 2. The minimum absolute atomic E-state index is 0.252. The Kier molecular flexibility index (Phi) is 6.21. The van der Waals surface area contributed by atoms with E-state index in [0.717, 1.165) is 11.4 Å². The minimum Gasteiger partial charge on any atom is -0.298 e. The third-order valence-corrected chi connectivity index (χ3v) is 5.63. The first-order valence-electron chi connectivity index (χ1n) is 8.97. The van der Waals surface area contributed by atoms with Crippen molar-refractivity contribution in [1.82, 2.24) is 9.97 Å². The fourth-order valence-corrected chi connectivity index (χ4v) is 4.06. The van der Waals surface area contributed by atoms with Crippen LogP contribution < -0.4 is 10.6 Å². The van der Waals surface area contributed by atoms with Crippen LogP contribution in [0.5, 0.6) is 0 Å². The number of hydrogen-bond acceptors (Lipinski definition) is 6. The Morgan fingerprint density at radius 3 is 1.39 bits per heavy atom. The molecule has 0 saturated carbocycles. The van der Waals surface area contributed by atoms with Crippen LogP contribution in [0.15, 0.2) is 35.0 Å². The van der Waals surface area contributed by atoms with Crippen LogP contribution in [-0.2, 0) is 0 Å². The molecular formula is C20H22N4O2S2. The molecule has 3 rings (SSSR count). The summed E-state index contributed by atoms with van der Waals surface area (Å²) in [5.41, 5.74) is 2.84. The third-order valence-electron chi connectivity index (χ3n) is 4.08. The van der Waals surface area contributed by atoms with E-state index in [1.165, 1.54) is 22.7 Å². The molecule has 0 aliphatic heterocycles. The topological polar surface area (TPSA) is 84.0 Å². The molecule has 6 nitrogen and oxygen atoms in total. The van der Waals surface area contributed by atoms with Crippen LogP contribution in [-0.4, -0.2) is 21.8 Å². The summed E-state index contributed by atoms with van der Waals surface area (Å²) in [7, 11) is 0. The largest absolute Gasteiger partial charge is 0.298 e. The van der Waals surface area contributed by atoms with Crippen LogP contribution in [0.2, 0.25) is 0 Å². The molecule has 0 spiro atoms. The maximum absolute atomic E-state index is 12.4. The summed E-state index contributed by atoms with van der Waals surface area (Å²) < 4.78 is 0. The average molecular weight is 415 g/mol. The Balaban J connectivity index is 1.62. The van der Waals surface area contributed by atoms with Crippen molar-refractivity contribution < 1.29 is 9.59 Å². The number of rotatable bonds is 6. The number of amides is 2. The molecule has 1 aromatic carbocycles. The Labute approximate surface area is 172 Å². The molecular weight excluding hydrogens is 392 g/mol. The molecule has 2 heterocycles. The van der Waals surface area contributed by atoms with E-state index in [0.29, 0.717) is 33.2 Å². The van der Waals surface area contributed by atoms with Crippen molar-refractivity contribution in [2.75, 3.05) is 10.6 Å². The van der Waals surface area contributed by atoms with Gasteiger partial charge in [-0.05, 0) is 36.1 Å². The highest BCUT2D eigenvalue weighted by molar-refractivity contribution is 7.14. The van der Waals surface area contributed by atoms with Gasteiger partial charge in [0.1, 0.15) is 0 Å². The molecule has 0 fully saturated rings. The quantitative estimate of drug-likeness (QED) is 0.569. The fourth-order valence-electron chi connectivity index (χ4n) is 2.33. The molecule has 0 aliphatic rings. The highest BCUT2D eigenvalue weighted by Gasteiger charge is 2.13. The van der Waals surface area contributed by atoms with Crippen LogP contribution in [0.3, 0.4) is 0 Å². The van der Waals surface area contributed by atoms with Crippen LogP contribution in [0.4, 0.5) is 10.3 Å². The molecule has 0 atom stereocenters. The van der Waals surface area contributed by atoms with E-state index in [1.807, 2.05) is 10.8 Å². The molecule has 2 aromatic heterocycles. The van der Waals surface area contributed by atoms with Gasteiger partial charge in [-0.15, -0.1) is 22.7 Å². The smallest absolute Gasteiger partial charge is 0.257 e. The van der Waals surface area contributed by atoms with Crippen LogP contribution in [0.25, 0.3) is 0 Å². The summed E-state index contributed by atoms with van der Waals surface area (Å²) >= 11 is 2.80. The lowest BCUT2D eigenvalue weighted by atomic mass is 10.1. The van der Waals surface area contributed by atoms with E-state index in [1.54, 1.807) is 24.3 Å². The van der Waals surface area contributed by atoms with Gasteiger partial charge in [0.15, 0.2) is 10.3 Å². The summed E-state index contributed by atoms with van der Waals surface area (Å²) in [6, 6.07) is 6.51. The van der Waals surface area contributed by atoms with E-state index in [-0.39, 0.29) is 11.8 Å². The predicted octanol–water partition coefficient (Wildman–Crippen LogP) is 5.35. The molecule has 0 radical (unpaired) electrons. The molecule has 28 heavy (non-hydrogen) atoms. The van der Waals surface area contributed by atoms with E-state index in [4.69, 9.17) is 0 Å². The number of hydrogen-bond donors (Lipinski definition) is 2. The number of carbonyl (C=O) groups is 2. The van der Waals surface area contributed by atoms with Crippen molar-refractivity contribution in [2.45, 2.75) is 39.5 Å². The standard InChI is InChI=1S/C20H22N4O2S2/c1-11(2)15-9-27-19(21-15)23-17(25)13-5-7-14(8-6-13)18(26)24-20-22-16(10-28-20)12(3)4/h5-12H,1-4H3,(H,21,23,25)(H,22,24,26). The summed E-state index contributed by atoms with van der Waals surface area (Å²) in [6.07, 6.45) is 0. The first-order chi connectivity index (χ1) is 13.3. The van der Waals surface area contributed by atoms with Gasteiger partial charge in [-0.25, -0.2) is 9.97 Å². The van der Waals surface area contributed by atoms with Gasteiger partial charge in [0.25, 0.3) is 11.8 Å². The lowest BCUT2D eigenvalue weighted by Crippen LogP contribution is -2.14. The van der Waals surface area contributed by atoms with Crippen molar-refractivity contribution in [2.24, 2.45) is 0 Å². The monoisotopic (exact) mass is 414 g/mol. The molecule has 3 aromatic rings. The second-order valence-corrected chi connectivity index (χ2v) is 8.67. The summed E-state index contributed by atoms with van der Waals surface area (Å²) in [5.74, 6) is 0.125. The molecule has 146 valence electrons. The summed E-state index contributed by atoms with van der Waals surface area (Å²) in [6.45, 7) is 8.22. The summed E-state index contributed by atoms with van der Waals surface area (Å²) in [4.78, 5) is 33.6. The van der Waals surface area contributed by atoms with Gasteiger partial charge in [-0.3, -0.25) is 20.2 Å². The van der Waals surface area contributed by atoms with E-state index >= 15 is 0 Å². The van der Waals surface area contributed by atoms with Crippen molar-refractivity contribution >= 4 is 44.8 Å². The number of anilines is 2. The molecule has 0 bridgehead atoms. The second-order valence-electron chi connectivity index (χ2n) is 6.95. The lowest BCUT2D eigenvalue weighted by Gasteiger charge is -2.05. The molecule has 0 unspecified atom stereocenters. The zero-order chi connectivity index (χ0) is 20.3. The van der Waals surface area contributed by atoms with E-state index in [9.17, 15) is 9.59 Å². The minimum atomic E-state index is -0.252. The highest BCUT2D eigenvalue weighted by Crippen LogP contribution is 2.23. The highest BCUT2D eigenvalue weighted by atomic mass is 32.1. The van der Waals surface area contributed by atoms with E-state index < -0.39 is 0 Å². The molecule has 8 heteroatoms. The van der Waals surface area contributed by atoms with Gasteiger partial charge < -0.3 is 0 Å². The Bertz CT molecular complexity index is 895. The Morgan fingerprint density at radius 2 is 1.11 bits per heavy atom. The molecule has 0 aliphatic carbocycles.